The second kappa shape index (κ2) is 34.7. The molecule has 0 unspecified atom stereocenters. The molecule has 0 heterocycles. The van der Waals surface area contributed by atoms with Crippen LogP contribution in [-0.4, -0.2) is 131 Å². The molecule has 0 atom stereocenters. The molecule has 0 aliphatic carbocycles. The zero-order valence-electron chi connectivity index (χ0n) is 31.0. The van der Waals surface area contributed by atoms with Gasteiger partial charge >= 0.3 is 48.9 Å². The van der Waals surface area contributed by atoms with E-state index in [2.05, 4.69) is 83.8 Å². The van der Waals surface area contributed by atoms with E-state index in [1.54, 1.807) is 42.7 Å². The molecule has 0 saturated carbocycles. The van der Waals surface area contributed by atoms with Crippen LogP contribution in [-0.2, 0) is 28.4 Å². The van der Waals surface area contributed by atoms with Crippen LogP contribution in [0.25, 0.3) is 0 Å². The third-order valence-electron chi connectivity index (χ3n) is 6.11. The molecular weight excluding hydrogens is 698 g/mol. The van der Waals surface area contributed by atoms with Gasteiger partial charge in [0.1, 0.15) is 0 Å². The van der Waals surface area contributed by atoms with Gasteiger partial charge in [-0.05, 0) is 23.7 Å². The normalized spacial score (nSPS) is 10.1. The van der Waals surface area contributed by atoms with Gasteiger partial charge in [-0.3, -0.25) is 0 Å². The van der Waals surface area contributed by atoms with E-state index >= 15 is 0 Å². The zero-order chi connectivity index (χ0) is 34.5. The van der Waals surface area contributed by atoms with Crippen molar-refractivity contribution in [1.82, 2.24) is 0 Å². The molecular formula is C36H64BaO8. The van der Waals surface area contributed by atoms with Crippen LogP contribution in [0, 0.1) is 0 Å². The van der Waals surface area contributed by atoms with Crippen LogP contribution in [0.5, 0.6) is 11.5 Å². The molecule has 0 spiro atoms. The van der Waals surface area contributed by atoms with Crippen molar-refractivity contribution in [2.75, 3.05) is 82.3 Å². The van der Waals surface area contributed by atoms with E-state index in [9.17, 15) is 10.2 Å². The number of benzene rings is 2. The SMILES string of the molecule is CC(C)c1cccc(C(C)C)c1[O-].CC(C)c1cccc(C(C)C)c1[O-].COCCOC.COCCOC.COCCOC.[Ba+2]. The third kappa shape index (κ3) is 27.1. The molecule has 0 bridgehead atoms. The van der Waals surface area contributed by atoms with Gasteiger partial charge in [0.15, 0.2) is 0 Å². The zero-order valence-corrected chi connectivity index (χ0v) is 35.4. The Morgan fingerprint density at radius 2 is 0.556 bits per heavy atom. The summed E-state index contributed by atoms with van der Waals surface area (Å²) in [5.41, 5.74) is 3.75. The summed E-state index contributed by atoms with van der Waals surface area (Å²) >= 11 is 0. The first-order chi connectivity index (χ1) is 20.8. The Morgan fingerprint density at radius 1 is 0.400 bits per heavy atom. The molecule has 0 aliphatic rings. The Balaban J connectivity index is -0.000000245. The molecule has 8 nitrogen and oxygen atoms in total. The Kier molecular flexibility index (Phi) is 39.5. The van der Waals surface area contributed by atoms with Crippen LogP contribution in [0.15, 0.2) is 36.4 Å². The predicted octanol–water partition coefficient (Wildman–Crippen LogP) is 6.47. The molecule has 2 aromatic rings. The van der Waals surface area contributed by atoms with Crippen molar-refractivity contribution in [1.29, 1.82) is 0 Å². The van der Waals surface area contributed by atoms with Crippen LogP contribution >= 0.6 is 0 Å². The Morgan fingerprint density at radius 3 is 0.667 bits per heavy atom. The fourth-order valence-electron chi connectivity index (χ4n) is 3.47. The number of ether oxygens (including phenoxy) is 6. The summed E-state index contributed by atoms with van der Waals surface area (Å²) in [6.07, 6.45) is 0. The molecule has 0 aromatic heterocycles. The minimum absolute atomic E-state index is 0. The van der Waals surface area contributed by atoms with E-state index < -0.39 is 0 Å². The first-order valence-electron chi connectivity index (χ1n) is 15.4. The average molecular weight is 762 g/mol. The standard InChI is InChI=1S/2C12H18O.3C4H10O2.Ba/c2*1-8(2)10-6-5-7-11(9(3)4)12(10)13;3*1-5-3-4-6-2;/h2*5-9,13H,1-4H3;3*3-4H2,1-2H3;/q;;;;;+2/p-2. The van der Waals surface area contributed by atoms with Crippen molar-refractivity contribution >= 4 is 48.9 Å². The number of hydrogen-bond acceptors (Lipinski definition) is 8. The monoisotopic (exact) mass is 762 g/mol. The second-order valence-electron chi connectivity index (χ2n) is 11.1. The van der Waals surface area contributed by atoms with Gasteiger partial charge in [0.05, 0.1) is 39.6 Å². The Bertz CT molecular complexity index is 760. The number of para-hydroxylation sites is 2. The van der Waals surface area contributed by atoms with E-state index in [0.717, 1.165) is 22.3 Å². The molecule has 9 heteroatoms. The van der Waals surface area contributed by atoms with Gasteiger partial charge in [0, 0.05) is 42.7 Å². The summed E-state index contributed by atoms with van der Waals surface area (Å²) in [7, 11) is 9.91. The molecule has 0 radical (unpaired) electrons. The van der Waals surface area contributed by atoms with E-state index in [4.69, 9.17) is 0 Å². The van der Waals surface area contributed by atoms with Gasteiger partial charge in [-0.15, -0.1) is 11.5 Å². The smallest absolute Gasteiger partial charge is 0.872 e. The van der Waals surface area contributed by atoms with Crippen molar-refractivity contribution < 1.29 is 38.6 Å². The molecule has 0 aliphatic heterocycles. The summed E-state index contributed by atoms with van der Waals surface area (Å²) in [5.74, 6) is 1.76. The molecule has 258 valence electrons. The maximum Gasteiger partial charge on any atom is 2.00 e. The summed E-state index contributed by atoms with van der Waals surface area (Å²) in [5, 5.41) is 23.7. The van der Waals surface area contributed by atoms with Crippen molar-refractivity contribution in [3.63, 3.8) is 0 Å². The van der Waals surface area contributed by atoms with Gasteiger partial charge in [0.25, 0.3) is 0 Å². The molecule has 2 rings (SSSR count). The van der Waals surface area contributed by atoms with Crippen LogP contribution in [0.2, 0.25) is 0 Å². The van der Waals surface area contributed by atoms with E-state index in [1.807, 2.05) is 36.4 Å². The molecule has 0 N–H and O–H groups in total. The molecule has 2 aromatic carbocycles. The van der Waals surface area contributed by atoms with Crippen molar-refractivity contribution in [2.45, 2.75) is 79.1 Å². The minimum atomic E-state index is 0. The van der Waals surface area contributed by atoms with Crippen molar-refractivity contribution in [2.24, 2.45) is 0 Å². The maximum absolute atomic E-state index is 11.9. The average Bonchev–Trinajstić information content (AvgIpc) is 2.98. The number of rotatable bonds is 13. The van der Waals surface area contributed by atoms with Gasteiger partial charge in [-0.1, -0.05) is 114 Å². The summed E-state index contributed by atoms with van der Waals surface area (Å²) in [4.78, 5) is 0. The van der Waals surface area contributed by atoms with Crippen molar-refractivity contribution in [3.8, 4) is 11.5 Å². The fourth-order valence-corrected chi connectivity index (χ4v) is 3.47. The fraction of sp³-hybridized carbons (Fsp3) is 0.667. The Labute approximate surface area is 316 Å². The summed E-state index contributed by atoms with van der Waals surface area (Å²) < 4.78 is 27.9. The number of hydrogen-bond donors (Lipinski definition) is 0. The summed E-state index contributed by atoms with van der Waals surface area (Å²) in [6, 6.07) is 11.7. The van der Waals surface area contributed by atoms with Crippen LogP contribution < -0.4 is 10.2 Å². The van der Waals surface area contributed by atoms with Gasteiger partial charge in [-0.2, -0.15) is 0 Å². The van der Waals surface area contributed by atoms with Gasteiger partial charge in [0.2, 0.25) is 0 Å². The molecule has 0 fully saturated rings. The summed E-state index contributed by atoms with van der Waals surface area (Å²) in [6.45, 7) is 20.6. The molecule has 0 saturated heterocycles. The van der Waals surface area contributed by atoms with Gasteiger partial charge in [-0.25, -0.2) is 0 Å². The topological polar surface area (TPSA) is 102 Å². The predicted molar refractivity (Wildman–Crippen MR) is 185 cm³/mol. The van der Waals surface area contributed by atoms with Crippen LogP contribution in [0.4, 0.5) is 0 Å². The van der Waals surface area contributed by atoms with Crippen LogP contribution in [0.1, 0.15) is 101 Å². The first kappa shape index (κ1) is 51.2. The largest absolute Gasteiger partial charge is 2.00 e. The maximum atomic E-state index is 11.9. The van der Waals surface area contributed by atoms with E-state index in [0.29, 0.717) is 63.3 Å². The first-order valence-corrected chi connectivity index (χ1v) is 15.4. The second-order valence-corrected chi connectivity index (χ2v) is 11.1. The van der Waals surface area contributed by atoms with Crippen molar-refractivity contribution in [3.05, 3.63) is 58.7 Å². The quantitative estimate of drug-likeness (QED) is 0.169. The van der Waals surface area contributed by atoms with Gasteiger partial charge < -0.3 is 38.6 Å². The van der Waals surface area contributed by atoms with E-state index in [1.165, 1.54) is 0 Å². The minimum Gasteiger partial charge on any atom is -0.872 e. The molecule has 45 heavy (non-hydrogen) atoms. The third-order valence-corrected chi connectivity index (χ3v) is 6.11. The van der Waals surface area contributed by atoms with Crippen LogP contribution in [0.3, 0.4) is 0 Å². The Hall–Kier alpha value is -0.629. The number of methoxy groups -OCH3 is 6. The molecule has 0 amide bonds. The van der Waals surface area contributed by atoms with E-state index in [-0.39, 0.29) is 60.4 Å².